The number of carbonyl (C=O) groups is 1. The van der Waals surface area contributed by atoms with Gasteiger partial charge >= 0.3 is 0 Å². The van der Waals surface area contributed by atoms with E-state index >= 15 is 0 Å². The van der Waals surface area contributed by atoms with Gasteiger partial charge in [0.15, 0.2) is 0 Å². The molecule has 0 bridgehead atoms. The van der Waals surface area contributed by atoms with Crippen LogP contribution in [0.5, 0.6) is 0 Å². The Balaban J connectivity index is 1.52. The molecule has 0 aromatic heterocycles. The molecular formula is C21H25ClN2O2S. The molecule has 1 aliphatic heterocycles. The third kappa shape index (κ3) is 6.25. The van der Waals surface area contributed by atoms with Gasteiger partial charge in [0.05, 0.1) is 6.61 Å². The largest absolute Gasteiger partial charge is 0.367 e. The van der Waals surface area contributed by atoms with Gasteiger partial charge in [-0.15, -0.1) is 0 Å². The maximum Gasteiger partial charge on any atom is 0.250 e. The summed E-state index contributed by atoms with van der Waals surface area (Å²) in [7, 11) is 0. The molecule has 1 saturated heterocycles. The first-order chi connectivity index (χ1) is 13.1. The van der Waals surface area contributed by atoms with Crippen molar-refractivity contribution < 1.29 is 9.53 Å². The number of aryl methyl sites for hydroxylation is 1. The number of rotatable bonds is 7. The molecule has 0 radical (unpaired) electrons. The van der Waals surface area contributed by atoms with Crippen LogP contribution in [-0.4, -0.2) is 42.0 Å². The van der Waals surface area contributed by atoms with Crippen molar-refractivity contribution in [3.8, 4) is 0 Å². The van der Waals surface area contributed by atoms with Crippen molar-refractivity contribution in [2.75, 3.05) is 36.5 Å². The van der Waals surface area contributed by atoms with Crippen LogP contribution in [0.1, 0.15) is 16.7 Å². The van der Waals surface area contributed by atoms with Gasteiger partial charge in [0.25, 0.3) is 0 Å². The third-order valence-electron chi connectivity index (χ3n) is 4.53. The van der Waals surface area contributed by atoms with Crippen molar-refractivity contribution in [3.63, 3.8) is 0 Å². The normalized spacial score (nSPS) is 14.9. The highest BCUT2D eigenvalue weighted by Crippen LogP contribution is 2.20. The van der Waals surface area contributed by atoms with Crippen LogP contribution in [0.15, 0.2) is 42.5 Å². The zero-order valence-electron chi connectivity index (χ0n) is 15.5. The van der Waals surface area contributed by atoms with E-state index in [4.69, 9.17) is 16.3 Å². The van der Waals surface area contributed by atoms with Gasteiger partial charge in [-0.3, -0.25) is 9.69 Å². The van der Waals surface area contributed by atoms with E-state index in [-0.39, 0.29) is 12.5 Å². The lowest BCUT2D eigenvalue weighted by Crippen LogP contribution is -2.32. The highest BCUT2D eigenvalue weighted by molar-refractivity contribution is 7.99. The Hall–Kier alpha value is -1.53. The SMILES string of the molecule is Cc1ccc(CN2CCSCC2)cc1NC(=O)COCc1ccccc1Cl. The lowest BCUT2D eigenvalue weighted by Gasteiger charge is -2.26. The monoisotopic (exact) mass is 404 g/mol. The average molecular weight is 405 g/mol. The number of halogens is 1. The van der Waals surface area contributed by atoms with Gasteiger partial charge < -0.3 is 10.1 Å². The van der Waals surface area contributed by atoms with E-state index < -0.39 is 0 Å². The lowest BCUT2D eigenvalue weighted by atomic mass is 10.1. The van der Waals surface area contributed by atoms with Gasteiger partial charge in [-0.05, 0) is 35.7 Å². The number of thioether (sulfide) groups is 1. The maximum absolute atomic E-state index is 12.3. The predicted molar refractivity (Wildman–Crippen MR) is 114 cm³/mol. The maximum atomic E-state index is 12.3. The molecule has 3 rings (SSSR count). The topological polar surface area (TPSA) is 41.6 Å². The fraction of sp³-hybridized carbons (Fsp3) is 0.381. The molecule has 0 spiro atoms. The van der Waals surface area contributed by atoms with Gasteiger partial charge in [-0.2, -0.15) is 11.8 Å². The van der Waals surface area contributed by atoms with E-state index in [1.54, 1.807) is 0 Å². The van der Waals surface area contributed by atoms with E-state index in [1.807, 2.05) is 43.0 Å². The highest BCUT2D eigenvalue weighted by Gasteiger charge is 2.12. The molecule has 1 aliphatic rings. The van der Waals surface area contributed by atoms with Crippen LogP contribution in [0.4, 0.5) is 5.69 Å². The Morgan fingerprint density at radius 1 is 1.22 bits per heavy atom. The first-order valence-electron chi connectivity index (χ1n) is 9.12. The predicted octanol–water partition coefficient (Wildman–Crippen LogP) is 4.35. The van der Waals surface area contributed by atoms with Gasteiger partial charge in [0, 0.05) is 41.8 Å². The number of benzene rings is 2. The Labute approximate surface area is 170 Å². The molecule has 0 atom stereocenters. The lowest BCUT2D eigenvalue weighted by molar-refractivity contribution is -0.121. The van der Waals surface area contributed by atoms with E-state index in [9.17, 15) is 4.79 Å². The fourth-order valence-corrected chi connectivity index (χ4v) is 4.14. The van der Waals surface area contributed by atoms with E-state index in [0.29, 0.717) is 11.6 Å². The van der Waals surface area contributed by atoms with E-state index in [0.717, 1.165) is 36.4 Å². The third-order valence-corrected chi connectivity index (χ3v) is 5.85. The van der Waals surface area contributed by atoms with Crippen LogP contribution < -0.4 is 5.32 Å². The Morgan fingerprint density at radius 2 is 2.00 bits per heavy atom. The smallest absolute Gasteiger partial charge is 0.250 e. The minimum atomic E-state index is -0.156. The quantitative estimate of drug-likeness (QED) is 0.744. The summed E-state index contributed by atoms with van der Waals surface area (Å²) in [6.45, 7) is 5.48. The number of amides is 1. The number of hydrogen-bond acceptors (Lipinski definition) is 4. The van der Waals surface area contributed by atoms with Crippen molar-refractivity contribution in [2.45, 2.75) is 20.1 Å². The molecule has 1 heterocycles. The number of nitrogens with one attached hydrogen (secondary N) is 1. The first-order valence-corrected chi connectivity index (χ1v) is 10.7. The average Bonchev–Trinajstić information content (AvgIpc) is 2.67. The van der Waals surface area contributed by atoms with Crippen molar-refractivity contribution in [1.82, 2.24) is 4.90 Å². The van der Waals surface area contributed by atoms with Crippen LogP contribution in [0.2, 0.25) is 5.02 Å². The number of carbonyl (C=O) groups excluding carboxylic acids is 1. The summed E-state index contributed by atoms with van der Waals surface area (Å²) in [5.41, 5.74) is 4.00. The van der Waals surface area contributed by atoms with Crippen molar-refractivity contribution in [3.05, 3.63) is 64.2 Å². The summed E-state index contributed by atoms with van der Waals surface area (Å²) in [5, 5.41) is 3.62. The van der Waals surface area contributed by atoms with Crippen LogP contribution in [0.3, 0.4) is 0 Å². The molecule has 27 heavy (non-hydrogen) atoms. The molecule has 1 amide bonds. The minimum Gasteiger partial charge on any atom is -0.367 e. The standard InChI is InChI=1S/C21H25ClN2O2S/c1-16-6-7-17(13-24-8-10-27-11-9-24)12-20(16)23-21(25)15-26-14-18-4-2-3-5-19(18)22/h2-7,12H,8-11,13-15H2,1H3,(H,23,25). The molecule has 1 fully saturated rings. The number of anilines is 1. The van der Waals surface area contributed by atoms with Crippen molar-refractivity contribution in [2.24, 2.45) is 0 Å². The van der Waals surface area contributed by atoms with Gasteiger partial charge in [0.2, 0.25) is 5.91 Å². The highest BCUT2D eigenvalue weighted by atomic mass is 35.5. The second kappa shape index (κ2) is 10.1. The zero-order valence-corrected chi connectivity index (χ0v) is 17.1. The molecule has 0 saturated carbocycles. The molecule has 0 unspecified atom stereocenters. The van der Waals surface area contributed by atoms with Crippen LogP contribution in [-0.2, 0) is 22.7 Å². The van der Waals surface area contributed by atoms with E-state index in [2.05, 4.69) is 28.4 Å². The minimum absolute atomic E-state index is 0.00175. The number of ether oxygens (including phenoxy) is 1. The molecule has 0 aliphatic carbocycles. The summed E-state index contributed by atoms with van der Waals surface area (Å²) in [6, 6.07) is 13.8. The first kappa shape index (κ1) is 20.2. The summed E-state index contributed by atoms with van der Waals surface area (Å²) in [4.78, 5) is 14.7. The van der Waals surface area contributed by atoms with Gasteiger partial charge in [-0.1, -0.05) is 41.9 Å². The second-order valence-electron chi connectivity index (χ2n) is 6.67. The van der Waals surface area contributed by atoms with Crippen LogP contribution in [0.25, 0.3) is 0 Å². The Morgan fingerprint density at radius 3 is 2.78 bits per heavy atom. The molecule has 1 N–H and O–H groups in total. The van der Waals surface area contributed by atoms with Crippen LogP contribution >= 0.6 is 23.4 Å². The summed E-state index contributed by atoms with van der Waals surface area (Å²) in [5.74, 6) is 2.23. The van der Waals surface area contributed by atoms with Gasteiger partial charge in [0.1, 0.15) is 6.61 Å². The molecule has 4 nitrogen and oxygen atoms in total. The Bertz CT molecular complexity index is 779. The Kier molecular flexibility index (Phi) is 7.59. The second-order valence-corrected chi connectivity index (χ2v) is 8.30. The number of nitrogens with zero attached hydrogens (tertiary/aromatic N) is 1. The summed E-state index contributed by atoms with van der Waals surface area (Å²) in [6.07, 6.45) is 0. The van der Waals surface area contributed by atoms with Crippen LogP contribution in [0, 0.1) is 6.92 Å². The summed E-state index contributed by atoms with van der Waals surface area (Å²) < 4.78 is 5.52. The molecule has 144 valence electrons. The molecule has 2 aromatic rings. The van der Waals surface area contributed by atoms with Gasteiger partial charge in [-0.25, -0.2) is 0 Å². The summed E-state index contributed by atoms with van der Waals surface area (Å²) >= 11 is 8.11. The molecule has 6 heteroatoms. The van der Waals surface area contributed by atoms with E-state index in [1.165, 1.54) is 17.1 Å². The van der Waals surface area contributed by atoms with Crippen molar-refractivity contribution >= 4 is 35.0 Å². The zero-order chi connectivity index (χ0) is 19.1. The number of hydrogen-bond donors (Lipinski definition) is 1. The fourth-order valence-electron chi connectivity index (χ4n) is 2.98. The molecule has 2 aromatic carbocycles. The van der Waals surface area contributed by atoms with Crippen molar-refractivity contribution in [1.29, 1.82) is 0 Å². The molecular weight excluding hydrogens is 380 g/mol.